The Labute approximate surface area is 169 Å². The Morgan fingerprint density at radius 3 is 2.69 bits per heavy atom. The van der Waals surface area contributed by atoms with Crippen LogP contribution in [0.1, 0.15) is 29.8 Å². The Hall–Kier alpha value is -2.99. The van der Waals surface area contributed by atoms with Crippen LogP contribution in [0.15, 0.2) is 45.9 Å². The molecule has 0 fully saturated rings. The number of rotatable bonds is 6. The fourth-order valence-electron chi connectivity index (χ4n) is 3.68. The molecule has 4 aromatic rings. The zero-order valence-corrected chi connectivity index (χ0v) is 17.4. The smallest absolute Gasteiger partial charge is 0.345 e. The molecule has 0 N–H and O–H groups in total. The van der Waals surface area contributed by atoms with Crippen LogP contribution < -0.4 is 5.63 Å². The molecule has 6 heteroatoms. The van der Waals surface area contributed by atoms with Crippen molar-refractivity contribution in [3.05, 3.63) is 64.0 Å². The number of hydrogen-bond donors (Lipinski definition) is 0. The standard InChI is InChI=1S/C23H26N4O2/c1-15-13-27-14-20(25-22(27)16(2)24-15)19-12-18-9-8-17(7-5-6-10-26(3)4)11-21(18)29-23(19)28/h8-9,11-14H,5-7,10H2,1-4H3. The third-order valence-corrected chi connectivity index (χ3v) is 5.12. The van der Waals surface area contributed by atoms with Gasteiger partial charge in [-0.3, -0.25) is 4.98 Å². The van der Waals surface area contributed by atoms with Gasteiger partial charge < -0.3 is 13.7 Å². The Morgan fingerprint density at radius 1 is 1.07 bits per heavy atom. The van der Waals surface area contributed by atoms with Crippen LogP contribution in [0.4, 0.5) is 0 Å². The maximum Gasteiger partial charge on any atom is 0.345 e. The second-order valence-electron chi connectivity index (χ2n) is 7.90. The third kappa shape index (κ3) is 4.07. The Bertz CT molecular complexity index is 1240. The molecule has 0 radical (unpaired) electrons. The summed E-state index contributed by atoms with van der Waals surface area (Å²) in [6.07, 6.45) is 7.00. The number of fused-ring (bicyclic) bond motifs is 2. The monoisotopic (exact) mass is 390 g/mol. The van der Waals surface area contributed by atoms with Crippen molar-refractivity contribution in [1.82, 2.24) is 19.3 Å². The van der Waals surface area contributed by atoms with Gasteiger partial charge in [-0.05, 0) is 71.4 Å². The molecule has 3 aromatic heterocycles. The van der Waals surface area contributed by atoms with Crippen LogP contribution in [-0.4, -0.2) is 39.9 Å². The second-order valence-corrected chi connectivity index (χ2v) is 7.90. The van der Waals surface area contributed by atoms with Crippen LogP contribution in [0.5, 0.6) is 0 Å². The molecule has 0 spiro atoms. The van der Waals surface area contributed by atoms with Crippen molar-refractivity contribution in [2.24, 2.45) is 0 Å². The van der Waals surface area contributed by atoms with E-state index in [0.29, 0.717) is 16.8 Å². The zero-order chi connectivity index (χ0) is 20.5. The van der Waals surface area contributed by atoms with E-state index in [0.717, 1.165) is 48.2 Å². The first-order valence-corrected chi connectivity index (χ1v) is 9.95. The highest BCUT2D eigenvalue weighted by Crippen LogP contribution is 2.23. The molecule has 0 saturated carbocycles. The number of unbranched alkanes of at least 4 members (excludes halogenated alkanes) is 1. The van der Waals surface area contributed by atoms with Crippen LogP contribution in [0.2, 0.25) is 0 Å². The lowest BCUT2D eigenvalue weighted by atomic mass is 10.1. The lowest BCUT2D eigenvalue weighted by Gasteiger charge is -2.09. The van der Waals surface area contributed by atoms with Gasteiger partial charge in [0.25, 0.3) is 0 Å². The van der Waals surface area contributed by atoms with Crippen LogP contribution in [0, 0.1) is 13.8 Å². The van der Waals surface area contributed by atoms with Crippen molar-refractivity contribution < 1.29 is 4.42 Å². The first-order chi connectivity index (χ1) is 13.9. The van der Waals surface area contributed by atoms with Crippen LogP contribution in [-0.2, 0) is 6.42 Å². The summed E-state index contributed by atoms with van der Waals surface area (Å²) >= 11 is 0. The lowest BCUT2D eigenvalue weighted by molar-refractivity contribution is 0.394. The molecular formula is C23H26N4O2. The predicted octanol–water partition coefficient (Wildman–Crippen LogP) is 4.00. The maximum absolute atomic E-state index is 12.7. The number of benzene rings is 1. The highest BCUT2D eigenvalue weighted by Gasteiger charge is 2.13. The predicted molar refractivity (Wildman–Crippen MR) is 115 cm³/mol. The average molecular weight is 390 g/mol. The fourth-order valence-corrected chi connectivity index (χ4v) is 3.68. The van der Waals surface area contributed by atoms with E-state index in [1.54, 1.807) is 0 Å². The number of nitrogens with zero attached hydrogens (tertiary/aromatic N) is 4. The Balaban J connectivity index is 1.65. The molecule has 0 atom stereocenters. The summed E-state index contributed by atoms with van der Waals surface area (Å²) in [4.78, 5) is 23.9. The molecule has 0 bridgehead atoms. The molecule has 4 rings (SSSR count). The minimum absolute atomic E-state index is 0.368. The molecule has 0 saturated heterocycles. The summed E-state index contributed by atoms with van der Waals surface area (Å²) < 4.78 is 7.56. The van der Waals surface area contributed by atoms with Crippen LogP contribution in [0.25, 0.3) is 27.9 Å². The van der Waals surface area contributed by atoms with E-state index in [4.69, 9.17) is 4.42 Å². The second kappa shape index (κ2) is 7.79. The van der Waals surface area contributed by atoms with Gasteiger partial charge in [0.2, 0.25) is 0 Å². The average Bonchev–Trinajstić information content (AvgIpc) is 3.08. The molecule has 0 aliphatic carbocycles. The Kier molecular flexibility index (Phi) is 5.20. The normalized spacial score (nSPS) is 11.8. The summed E-state index contributed by atoms with van der Waals surface area (Å²) in [6.45, 7) is 4.94. The molecular weight excluding hydrogens is 364 g/mol. The molecule has 1 aromatic carbocycles. The SMILES string of the molecule is Cc1cn2cc(-c3cc4ccc(CCCCN(C)C)cc4oc3=O)nc2c(C)n1. The summed E-state index contributed by atoms with van der Waals surface area (Å²) in [7, 11) is 4.18. The van der Waals surface area contributed by atoms with Crippen molar-refractivity contribution in [1.29, 1.82) is 0 Å². The largest absolute Gasteiger partial charge is 0.422 e. The number of aryl methyl sites for hydroxylation is 3. The van der Waals surface area contributed by atoms with E-state index in [2.05, 4.69) is 35.0 Å². The first-order valence-electron chi connectivity index (χ1n) is 9.95. The maximum atomic E-state index is 12.7. The van der Waals surface area contributed by atoms with E-state index in [1.165, 1.54) is 5.56 Å². The van der Waals surface area contributed by atoms with Gasteiger partial charge in [-0.25, -0.2) is 9.78 Å². The van der Waals surface area contributed by atoms with Crippen molar-refractivity contribution in [2.75, 3.05) is 20.6 Å². The van der Waals surface area contributed by atoms with Gasteiger partial charge in [0.15, 0.2) is 5.65 Å². The molecule has 3 heterocycles. The molecule has 150 valence electrons. The van der Waals surface area contributed by atoms with Crippen molar-refractivity contribution >= 4 is 16.6 Å². The van der Waals surface area contributed by atoms with Gasteiger partial charge in [0.1, 0.15) is 5.58 Å². The van der Waals surface area contributed by atoms with Gasteiger partial charge >= 0.3 is 5.63 Å². The highest BCUT2D eigenvalue weighted by atomic mass is 16.4. The molecule has 0 aliphatic rings. The lowest BCUT2D eigenvalue weighted by Crippen LogP contribution is -2.12. The molecule has 0 aliphatic heterocycles. The summed E-state index contributed by atoms with van der Waals surface area (Å²) in [5, 5.41) is 0.903. The van der Waals surface area contributed by atoms with E-state index in [1.807, 2.05) is 48.8 Å². The third-order valence-electron chi connectivity index (χ3n) is 5.12. The summed E-state index contributed by atoms with van der Waals surface area (Å²) in [5.41, 5.74) is 5.01. The molecule has 0 amide bonds. The molecule has 6 nitrogen and oxygen atoms in total. The quantitative estimate of drug-likeness (QED) is 0.368. The van der Waals surface area contributed by atoms with Crippen molar-refractivity contribution in [2.45, 2.75) is 33.1 Å². The first kappa shape index (κ1) is 19.3. The fraction of sp³-hybridized carbons (Fsp3) is 0.348. The van der Waals surface area contributed by atoms with E-state index in [9.17, 15) is 4.79 Å². The van der Waals surface area contributed by atoms with Gasteiger partial charge in [0.05, 0.1) is 22.6 Å². The molecule has 0 unspecified atom stereocenters. The van der Waals surface area contributed by atoms with Gasteiger partial charge in [-0.1, -0.05) is 12.1 Å². The summed E-state index contributed by atoms with van der Waals surface area (Å²) in [5.74, 6) is 0. The van der Waals surface area contributed by atoms with Crippen molar-refractivity contribution in [3.63, 3.8) is 0 Å². The minimum atomic E-state index is -0.368. The zero-order valence-electron chi connectivity index (χ0n) is 17.4. The van der Waals surface area contributed by atoms with Crippen molar-refractivity contribution in [3.8, 4) is 11.3 Å². The Morgan fingerprint density at radius 2 is 1.90 bits per heavy atom. The van der Waals surface area contributed by atoms with Crippen LogP contribution in [0.3, 0.4) is 0 Å². The van der Waals surface area contributed by atoms with E-state index in [-0.39, 0.29) is 5.63 Å². The summed E-state index contributed by atoms with van der Waals surface area (Å²) in [6, 6.07) is 7.99. The van der Waals surface area contributed by atoms with E-state index >= 15 is 0 Å². The number of imidazole rings is 1. The topological polar surface area (TPSA) is 63.6 Å². The van der Waals surface area contributed by atoms with Gasteiger partial charge in [-0.2, -0.15) is 0 Å². The van der Waals surface area contributed by atoms with E-state index < -0.39 is 0 Å². The van der Waals surface area contributed by atoms with Gasteiger partial charge in [0, 0.05) is 17.8 Å². The number of hydrogen-bond acceptors (Lipinski definition) is 5. The van der Waals surface area contributed by atoms with Gasteiger partial charge in [-0.15, -0.1) is 0 Å². The molecule has 29 heavy (non-hydrogen) atoms. The van der Waals surface area contributed by atoms with Crippen LogP contribution >= 0.6 is 0 Å². The minimum Gasteiger partial charge on any atom is -0.422 e. The number of aromatic nitrogens is 3. The highest BCUT2D eigenvalue weighted by molar-refractivity contribution is 5.81.